The van der Waals surface area contributed by atoms with Gasteiger partial charge in [-0.2, -0.15) is 23.3 Å². The number of nitrogens with zero attached hydrogens (tertiary/aromatic N) is 4. The van der Waals surface area contributed by atoms with E-state index in [0.29, 0.717) is 21.9 Å². The molecule has 7 nitrogen and oxygen atoms in total. The Hall–Kier alpha value is -3.84. The van der Waals surface area contributed by atoms with Crippen molar-refractivity contribution < 1.29 is 22.7 Å². The number of ether oxygens (including phenoxy) is 1. The quantitative estimate of drug-likeness (QED) is 0.598. The lowest BCUT2D eigenvalue weighted by atomic mass is 10.1. The summed E-state index contributed by atoms with van der Waals surface area (Å²) in [6, 6.07) is 10.5. The molecule has 2 aromatic heterocycles. The first-order valence-electron chi connectivity index (χ1n) is 9.18. The molecule has 1 amide bonds. The van der Waals surface area contributed by atoms with Crippen LogP contribution in [0.4, 0.5) is 13.2 Å². The van der Waals surface area contributed by atoms with Crippen molar-refractivity contribution in [1.29, 1.82) is 0 Å². The van der Waals surface area contributed by atoms with Gasteiger partial charge in [-0.3, -0.25) is 4.79 Å². The summed E-state index contributed by atoms with van der Waals surface area (Å²) in [7, 11) is 0. The van der Waals surface area contributed by atoms with Crippen LogP contribution < -0.4 is 5.32 Å². The van der Waals surface area contributed by atoms with Gasteiger partial charge in [0.15, 0.2) is 17.9 Å². The molecule has 162 valence electrons. The van der Waals surface area contributed by atoms with Crippen LogP contribution in [0.25, 0.3) is 16.9 Å². The molecule has 3 aromatic rings. The zero-order chi connectivity index (χ0) is 22.7. The molecule has 1 aliphatic heterocycles. The summed E-state index contributed by atoms with van der Waals surface area (Å²) in [6.07, 6.45) is -1.58. The maximum Gasteiger partial charge on any atom is 0.422 e. The monoisotopic (exact) mass is 459 g/mol. The fourth-order valence-electron chi connectivity index (χ4n) is 2.78. The van der Waals surface area contributed by atoms with Crippen LogP contribution in [-0.4, -0.2) is 39.2 Å². The van der Waals surface area contributed by atoms with E-state index in [2.05, 4.69) is 37.0 Å². The minimum absolute atomic E-state index is 0.0121. The molecular formula is C21H13ClF3N5O2. The van der Waals surface area contributed by atoms with Gasteiger partial charge in [-0.15, -0.1) is 0 Å². The first kappa shape index (κ1) is 21.4. The summed E-state index contributed by atoms with van der Waals surface area (Å²) in [5, 5.41) is 7.46. The van der Waals surface area contributed by atoms with Crippen molar-refractivity contribution in [1.82, 2.24) is 19.9 Å². The van der Waals surface area contributed by atoms with Gasteiger partial charge in [0, 0.05) is 12.0 Å². The van der Waals surface area contributed by atoms with Crippen molar-refractivity contribution in [3.8, 4) is 23.1 Å². The molecule has 0 radical (unpaired) electrons. The maximum atomic E-state index is 12.8. The Labute approximate surface area is 184 Å². The number of benzene rings is 1. The molecule has 11 heteroatoms. The number of hydrogen-bond acceptors (Lipinski definition) is 5. The normalized spacial score (nSPS) is 13.5. The number of aromatic nitrogens is 3. The van der Waals surface area contributed by atoms with Gasteiger partial charge in [0.25, 0.3) is 11.8 Å². The van der Waals surface area contributed by atoms with Crippen molar-refractivity contribution in [2.75, 3.05) is 6.61 Å². The number of aliphatic imine (C=N–C) groups is 1. The maximum absolute atomic E-state index is 12.8. The number of imidazole rings is 1. The summed E-state index contributed by atoms with van der Waals surface area (Å²) < 4.78 is 43.1. The Kier molecular flexibility index (Phi) is 5.83. The number of carbonyl (C=O) groups excluding carboxylic acids is 1. The van der Waals surface area contributed by atoms with Crippen LogP contribution in [0, 0.1) is 11.8 Å². The van der Waals surface area contributed by atoms with E-state index in [-0.39, 0.29) is 17.9 Å². The number of allylic oxidation sites excluding steroid dienone is 1. The summed E-state index contributed by atoms with van der Waals surface area (Å²) in [5.74, 6) is 3.90. The number of amides is 1. The second-order valence-corrected chi connectivity index (χ2v) is 6.89. The molecule has 3 heterocycles. The molecule has 0 atom stereocenters. The number of nitrogens with one attached hydrogen (secondary N) is 1. The number of alkyl halides is 3. The van der Waals surface area contributed by atoms with Gasteiger partial charge < -0.3 is 10.1 Å². The van der Waals surface area contributed by atoms with Crippen LogP contribution in [-0.2, 0) is 4.74 Å². The second kappa shape index (κ2) is 8.72. The average molecular weight is 460 g/mol. The lowest BCUT2D eigenvalue weighted by molar-refractivity contribution is -0.155. The van der Waals surface area contributed by atoms with Gasteiger partial charge in [-0.1, -0.05) is 35.7 Å². The molecule has 0 spiro atoms. The topological polar surface area (TPSA) is 80.9 Å². The lowest BCUT2D eigenvalue weighted by Gasteiger charge is -2.09. The van der Waals surface area contributed by atoms with E-state index >= 15 is 0 Å². The number of rotatable bonds is 4. The number of hydrogen-bond donors (Lipinski definition) is 1. The third-order valence-corrected chi connectivity index (χ3v) is 4.50. The molecule has 1 N–H and O–H groups in total. The third-order valence-electron chi connectivity index (χ3n) is 4.17. The predicted molar refractivity (Wildman–Crippen MR) is 111 cm³/mol. The fourth-order valence-corrected chi connectivity index (χ4v) is 3.01. The highest BCUT2D eigenvalue weighted by Crippen LogP contribution is 2.26. The van der Waals surface area contributed by atoms with Gasteiger partial charge in [-0.05, 0) is 30.2 Å². The van der Waals surface area contributed by atoms with Crippen molar-refractivity contribution in [2.24, 2.45) is 4.99 Å². The standard InChI is InChI=1S/C21H13ClF3N5O2/c22-14-6-2-1-5-13(14)15-9-10-18-26-11-16(30(18)29-15)20(31)28-17-7-3-4-8-19(27-17)32-12-21(23,24)25/h1-2,5-7,9-11H,3,12H2,(H,28,31). The fraction of sp³-hybridized carbons (Fsp3) is 0.143. The van der Waals surface area contributed by atoms with Crippen molar-refractivity contribution in [2.45, 2.75) is 12.6 Å². The second-order valence-electron chi connectivity index (χ2n) is 6.48. The highest BCUT2D eigenvalue weighted by Gasteiger charge is 2.29. The molecule has 0 aliphatic carbocycles. The van der Waals surface area contributed by atoms with Gasteiger partial charge in [0.2, 0.25) is 0 Å². The smallest absolute Gasteiger partial charge is 0.422 e. The first-order chi connectivity index (χ1) is 15.3. The van der Waals surface area contributed by atoms with Gasteiger partial charge >= 0.3 is 6.18 Å². The Bertz CT molecular complexity index is 1320. The Morgan fingerprint density at radius 1 is 1.25 bits per heavy atom. The van der Waals surface area contributed by atoms with E-state index in [1.54, 1.807) is 30.3 Å². The number of halogens is 4. The van der Waals surface area contributed by atoms with Crippen LogP contribution in [0.5, 0.6) is 0 Å². The predicted octanol–water partition coefficient (Wildman–Crippen LogP) is 4.01. The van der Waals surface area contributed by atoms with Crippen LogP contribution in [0.1, 0.15) is 16.9 Å². The van der Waals surface area contributed by atoms with E-state index in [1.165, 1.54) is 16.8 Å². The number of carbonyl (C=O) groups is 1. The van der Waals surface area contributed by atoms with Gasteiger partial charge in [0.05, 0.1) is 16.9 Å². The highest BCUT2D eigenvalue weighted by molar-refractivity contribution is 6.33. The van der Waals surface area contributed by atoms with Crippen LogP contribution in [0.3, 0.4) is 0 Å². The Balaban J connectivity index is 1.58. The first-order valence-corrected chi connectivity index (χ1v) is 9.56. The molecule has 0 saturated carbocycles. The van der Waals surface area contributed by atoms with Crippen LogP contribution in [0.2, 0.25) is 5.02 Å². The largest absolute Gasteiger partial charge is 0.462 e. The molecule has 0 saturated heterocycles. The van der Waals surface area contributed by atoms with E-state index in [9.17, 15) is 18.0 Å². The molecule has 4 rings (SSSR count). The van der Waals surface area contributed by atoms with Crippen molar-refractivity contribution in [3.63, 3.8) is 0 Å². The minimum atomic E-state index is -4.54. The van der Waals surface area contributed by atoms with Gasteiger partial charge in [0.1, 0.15) is 5.82 Å². The Morgan fingerprint density at radius 2 is 2.06 bits per heavy atom. The van der Waals surface area contributed by atoms with Crippen molar-refractivity contribution in [3.05, 3.63) is 65.2 Å². The van der Waals surface area contributed by atoms with E-state index in [4.69, 9.17) is 11.6 Å². The summed E-state index contributed by atoms with van der Waals surface area (Å²) in [6.45, 7) is -1.54. The molecule has 32 heavy (non-hydrogen) atoms. The van der Waals surface area contributed by atoms with Crippen LogP contribution in [0.15, 0.2) is 59.5 Å². The SMILES string of the molecule is O=C(NC1=CCC#CC(OCC(F)(F)F)=N1)c1cnc2ccc(-c3ccccc3Cl)nn12. The van der Waals surface area contributed by atoms with Gasteiger partial charge in [-0.25, -0.2) is 9.50 Å². The Morgan fingerprint density at radius 3 is 2.84 bits per heavy atom. The molecule has 0 unspecified atom stereocenters. The highest BCUT2D eigenvalue weighted by atomic mass is 35.5. The van der Waals surface area contributed by atoms with Crippen LogP contribution >= 0.6 is 11.6 Å². The molecule has 1 aromatic carbocycles. The average Bonchev–Trinajstić information content (AvgIpc) is 3.04. The van der Waals surface area contributed by atoms with E-state index in [1.807, 2.05) is 6.07 Å². The third kappa shape index (κ3) is 4.90. The molecular weight excluding hydrogens is 447 g/mol. The molecule has 1 aliphatic rings. The van der Waals surface area contributed by atoms with E-state index < -0.39 is 24.6 Å². The molecule has 0 fully saturated rings. The molecule has 0 bridgehead atoms. The summed E-state index contributed by atoms with van der Waals surface area (Å²) in [5.41, 5.74) is 1.71. The minimum Gasteiger partial charge on any atom is -0.462 e. The summed E-state index contributed by atoms with van der Waals surface area (Å²) in [4.78, 5) is 20.9. The zero-order valence-electron chi connectivity index (χ0n) is 16.2. The summed E-state index contributed by atoms with van der Waals surface area (Å²) >= 11 is 6.24. The van der Waals surface area contributed by atoms with Crippen molar-refractivity contribution >= 4 is 29.1 Å². The number of fused-ring (bicyclic) bond motifs is 1. The van der Waals surface area contributed by atoms with E-state index in [0.717, 1.165) is 0 Å². The lowest BCUT2D eigenvalue weighted by Crippen LogP contribution is -2.25. The zero-order valence-corrected chi connectivity index (χ0v) is 16.9.